The van der Waals surface area contributed by atoms with Gasteiger partial charge in [0.15, 0.2) is 0 Å². The third kappa shape index (κ3) is 4.42. The summed E-state index contributed by atoms with van der Waals surface area (Å²) in [6, 6.07) is 17.1. The van der Waals surface area contributed by atoms with Crippen molar-refractivity contribution >= 4 is 11.8 Å². The number of carbonyl (C=O) groups excluding carboxylic acids is 2. The lowest BCUT2D eigenvalue weighted by molar-refractivity contribution is -0.129. The summed E-state index contributed by atoms with van der Waals surface area (Å²) in [5, 5.41) is 3.09. The molecule has 0 aliphatic carbocycles. The van der Waals surface area contributed by atoms with E-state index < -0.39 is 0 Å². The van der Waals surface area contributed by atoms with Crippen LogP contribution >= 0.6 is 0 Å². The molecule has 1 atom stereocenters. The predicted octanol–water partition coefficient (Wildman–Crippen LogP) is 2.72. The molecule has 1 aliphatic rings. The zero-order valence-electron chi connectivity index (χ0n) is 15.0. The Morgan fingerprint density at radius 3 is 2.58 bits per heavy atom. The Hall–Kier alpha value is -2.82. The largest absolute Gasteiger partial charge is 0.496 e. The van der Waals surface area contributed by atoms with E-state index in [4.69, 9.17) is 4.74 Å². The first-order chi connectivity index (χ1) is 12.7. The highest BCUT2D eigenvalue weighted by Gasteiger charge is 2.25. The standard InChI is InChI=1S/C21H24N2O3/c1-26-19-11-6-5-10-17(19)14-20(24)22-18(16-8-3-2-4-9-16)15-23-13-7-12-21(23)25/h2-6,8-11,18H,7,12-15H2,1H3,(H,22,24)/t18-/m1/s1. The van der Waals surface area contributed by atoms with E-state index in [9.17, 15) is 9.59 Å². The third-order valence-corrected chi connectivity index (χ3v) is 4.66. The molecule has 1 heterocycles. The van der Waals surface area contributed by atoms with Gasteiger partial charge in [-0.15, -0.1) is 0 Å². The number of nitrogens with one attached hydrogen (secondary N) is 1. The van der Waals surface area contributed by atoms with E-state index in [1.54, 1.807) is 7.11 Å². The van der Waals surface area contributed by atoms with Crippen molar-refractivity contribution in [2.75, 3.05) is 20.2 Å². The Morgan fingerprint density at radius 2 is 1.88 bits per heavy atom. The van der Waals surface area contributed by atoms with Crippen molar-refractivity contribution in [3.63, 3.8) is 0 Å². The molecular formula is C21H24N2O3. The molecule has 0 unspecified atom stereocenters. The van der Waals surface area contributed by atoms with Crippen molar-refractivity contribution in [3.05, 3.63) is 65.7 Å². The van der Waals surface area contributed by atoms with Crippen LogP contribution in [-0.2, 0) is 16.0 Å². The van der Waals surface area contributed by atoms with Crippen LogP contribution in [-0.4, -0.2) is 36.9 Å². The van der Waals surface area contributed by atoms with Crippen LogP contribution in [0.4, 0.5) is 0 Å². The SMILES string of the molecule is COc1ccccc1CC(=O)N[C@H](CN1CCCC1=O)c1ccccc1. The molecule has 0 bridgehead atoms. The highest BCUT2D eigenvalue weighted by atomic mass is 16.5. The van der Waals surface area contributed by atoms with Gasteiger partial charge < -0.3 is 15.0 Å². The number of methoxy groups -OCH3 is 1. The quantitative estimate of drug-likeness (QED) is 0.833. The second-order valence-electron chi connectivity index (χ2n) is 6.46. The first kappa shape index (κ1) is 18.0. The predicted molar refractivity (Wildman–Crippen MR) is 99.8 cm³/mol. The van der Waals surface area contributed by atoms with E-state index in [0.717, 1.165) is 24.1 Å². The topological polar surface area (TPSA) is 58.6 Å². The second kappa shape index (κ2) is 8.52. The number of hydrogen-bond acceptors (Lipinski definition) is 3. The molecule has 2 amide bonds. The minimum Gasteiger partial charge on any atom is -0.496 e. The molecule has 136 valence electrons. The average Bonchev–Trinajstić information content (AvgIpc) is 3.07. The molecule has 1 N–H and O–H groups in total. The second-order valence-corrected chi connectivity index (χ2v) is 6.46. The lowest BCUT2D eigenvalue weighted by Gasteiger charge is -2.25. The van der Waals surface area contributed by atoms with Crippen LogP contribution in [0.25, 0.3) is 0 Å². The maximum absolute atomic E-state index is 12.6. The smallest absolute Gasteiger partial charge is 0.225 e. The van der Waals surface area contributed by atoms with Crippen LogP contribution in [0.2, 0.25) is 0 Å². The summed E-state index contributed by atoms with van der Waals surface area (Å²) in [6.07, 6.45) is 1.72. The Bertz CT molecular complexity index is 761. The third-order valence-electron chi connectivity index (χ3n) is 4.66. The summed E-state index contributed by atoms with van der Waals surface area (Å²) in [5.41, 5.74) is 1.84. The van der Waals surface area contributed by atoms with Gasteiger partial charge in [0.2, 0.25) is 11.8 Å². The molecule has 1 fully saturated rings. The van der Waals surface area contributed by atoms with E-state index in [1.807, 2.05) is 59.5 Å². The summed E-state index contributed by atoms with van der Waals surface area (Å²) in [6.45, 7) is 1.26. The van der Waals surface area contributed by atoms with Crippen LogP contribution in [0.15, 0.2) is 54.6 Å². The summed E-state index contributed by atoms with van der Waals surface area (Å²) in [5.74, 6) is 0.772. The normalized spacial score (nSPS) is 15.0. The fraction of sp³-hybridized carbons (Fsp3) is 0.333. The van der Waals surface area contributed by atoms with Crippen LogP contribution in [0.1, 0.15) is 30.0 Å². The zero-order valence-corrected chi connectivity index (χ0v) is 15.0. The monoisotopic (exact) mass is 352 g/mol. The van der Waals surface area contributed by atoms with Crippen molar-refractivity contribution in [2.24, 2.45) is 0 Å². The first-order valence-electron chi connectivity index (χ1n) is 8.91. The van der Waals surface area contributed by atoms with Gasteiger partial charge >= 0.3 is 0 Å². The first-order valence-corrected chi connectivity index (χ1v) is 8.91. The lowest BCUT2D eigenvalue weighted by atomic mass is 10.1. The molecule has 0 aromatic heterocycles. The van der Waals surface area contributed by atoms with Crippen molar-refractivity contribution in [1.82, 2.24) is 10.2 Å². The van der Waals surface area contributed by atoms with Crippen LogP contribution in [0.3, 0.4) is 0 Å². The summed E-state index contributed by atoms with van der Waals surface area (Å²) in [4.78, 5) is 26.5. The Balaban J connectivity index is 1.72. The fourth-order valence-corrected chi connectivity index (χ4v) is 3.30. The number of likely N-dealkylation sites (tertiary alicyclic amines) is 1. The number of hydrogen-bond donors (Lipinski definition) is 1. The Kier molecular flexibility index (Phi) is 5.89. The molecular weight excluding hydrogens is 328 g/mol. The van der Waals surface area contributed by atoms with E-state index in [0.29, 0.717) is 18.7 Å². The van der Waals surface area contributed by atoms with Crippen molar-refractivity contribution in [1.29, 1.82) is 0 Å². The summed E-state index contributed by atoms with van der Waals surface area (Å²) in [7, 11) is 1.60. The average molecular weight is 352 g/mol. The van der Waals surface area contributed by atoms with Crippen molar-refractivity contribution in [2.45, 2.75) is 25.3 Å². The molecule has 3 rings (SSSR count). The van der Waals surface area contributed by atoms with Gasteiger partial charge in [-0.05, 0) is 18.1 Å². The summed E-state index contributed by atoms with van der Waals surface area (Å²) < 4.78 is 5.32. The van der Waals surface area contributed by atoms with Crippen LogP contribution < -0.4 is 10.1 Å². The van der Waals surface area contributed by atoms with Crippen LogP contribution in [0.5, 0.6) is 5.75 Å². The van der Waals surface area contributed by atoms with E-state index >= 15 is 0 Å². The number of carbonyl (C=O) groups is 2. The number of benzene rings is 2. The molecule has 1 aliphatic heterocycles. The molecule has 2 aromatic carbocycles. The molecule has 5 heteroatoms. The molecule has 0 spiro atoms. The number of amides is 2. The fourth-order valence-electron chi connectivity index (χ4n) is 3.30. The maximum atomic E-state index is 12.6. The molecule has 1 saturated heterocycles. The van der Waals surface area contributed by atoms with Gasteiger partial charge in [0.05, 0.1) is 19.6 Å². The number of nitrogens with zero attached hydrogens (tertiary/aromatic N) is 1. The molecule has 0 saturated carbocycles. The van der Waals surface area contributed by atoms with Gasteiger partial charge in [-0.3, -0.25) is 9.59 Å². The van der Waals surface area contributed by atoms with Crippen LogP contribution in [0, 0.1) is 0 Å². The summed E-state index contributed by atoms with van der Waals surface area (Å²) >= 11 is 0. The number of ether oxygens (including phenoxy) is 1. The van der Waals surface area contributed by atoms with Gasteiger partial charge in [-0.25, -0.2) is 0 Å². The van der Waals surface area contributed by atoms with Gasteiger partial charge in [0.25, 0.3) is 0 Å². The highest BCUT2D eigenvalue weighted by Crippen LogP contribution is 2.21. The zero-order chi connectivity index (χ0) is 18.4. The van der Waals surface area contributed by atoms with Crippen molar-refractivity contribution in [3.8, 4) is 5.75 Å². The van der Waals surface area contributed by atoms with Gasteiger partial charge in [-0.2, -0.15) is 0 Å². The van der Waals surface area contributed by atoms with Gasteiger partial charge in [0.1, 0.15) is 5.75 Å². The van der Waals surface area contributed by atoms with E-state index in [1.165, 1.54) is 0 Å². The minimum absolute atomic E-state index is 0.0880. The molecule has 2 aromatic rings. The van der Waals surface area contributed by atoms with Gasteiger partial charge in [0, 0.05) is 25.1 Å². The highest BCUT2D eigenvalue weighted by molar-refractivity contribution is 5.80. The molecule has 26 heavy (non-hydrogen) atoms. The Labute approximate surface area is 154 Å². The maximum Gasteiger partial charge on any atom is 0.225 e. The molecule has 5 nitrogen and oxygen atoms in total. The minimum atomic E-state index is -0.222. The Morgan fingerprint density at radius 1 is 1.15 bits per heavy atom. The van der Waals surface area contributed by atoms with E-state index in [-0.39, 0.29) is 24.3 Å². The van der Waals surface area contributed by atoms with Crippen molar-refractivity contribution < 1.29 is 14.3 Å². The van der Waals surface area contributed by atoms with E-state index in [2.05, 4.69) is 5.32 Å². The molecule has 0 radical (unpaired) electrons. The number of rotatable bonds is 7. The van der Waals surface area contributed by atoms with Gasteiger partial charge in [-0.1, -0.05) is 48.5 Å². The lowest BCUT2D eigenvalue weighted by Crippen LogP contribution is -2.39. The number of para-hydroxylation sites is 1.